The second-order valence-corrected chi connectivity index (χ2v) is 2.01. The first-order chi connectivity index (χ1) is 5.47. The molecule has 0 atom stereocenters. The quantitative estimate of drug-likeness (QED) is 0.553. The molecule has 2 aromatic heterocycles. The molecule has 5 heteroatoms. The summed E-state index contributed by atoms with van der Waals surface area (Å²) in [6.45, 7) is 0. The van der Waals surface area contributed by atoms with Crippen molar-refractivity contribution in [1.29, 1.82) is 0 Å². The standard InChI is InChI=1S/C6H5N5/c1-2-6(4-7-3-1)11-5-8-9-10-11/h1-5H/p+1. The molecule has 0 aliphatic rings. The van der Waals surface area contributed by atoms with E-state index in [-0.39, 0.29) is 0 Å². The Balaban J connectivity index is 2.46. The SMILES string of the molecule is c1cncc(-[n+]2cnn[nH]2)c1. The number of H-pyrrole nitrogens is 1. The van der Waals surface area contributed by atoms with Crippen LogP contribution in [0.3, 0.4) is 0 Å². The molecule has 0 radical (unpaired) electrons. The Morgan fingerprint density at radius 3 is 3.09 bits per heavy atom. The molecule has 0 fully saturated rings. The molecule has 0 spiro atoms. The summed E-state index contributed by atoms with van der Waals surface area (Å²) in [6, 6.07) is 3.76. The minimum Gasteiger partial charge on any atom is -0.261 e. The zero-order valence-corrected chi connectivity index (χ0v) is 5.68. The Hall–Kier alpha value is -1.78. The van der Waals surface area contributed by atoms with Crippen molar-refractivity contribution >= 4 is 0 Å². The van der Waals surface area contributed by atoms with Gasteiger partial charge in [-0.1, -0.05) is 5.21 Å². The van der Waals surface area contributed by atoms with E-state index >= 15 is 0 Å². The van der Waals surface area contributed by atoms with Gasteiger partial charge in [-0.25, -0.2) is 0 Å². The molecule has 2 rings (SSSR count). The summed E-state index contributed by atoms with van der Waals surface area (Å²) in [7, 11) is 0. The second kappa shape index (κ2) is 2.45. The molecule has 5 nitrogen and oxygen atoms in total. The van der Waals surface area contributed by atoms with Crippen LogP contribution in [0.4, 0.5) is 0 Å². The van der Waals surface area contributed by atoms with E-state index in [4.69, 9.17) is 0 Å². The molecule has 0 aromatic carbocycles. The van der Waals surface area contributed by atoms with E-state index in [2.05, 4.69) is 20.5 Å². The molecule has 0 unspecified atom stereocenters. The Kier molecular flexibility index (Phi) is 1.33. The van der Waals surface area contributed by atoms with E-state index in [1.807, 2.05) is 12.1 Å². The highest BCUT2D eigenvalue weighted by Crippen LogP contribution is 1.90. The van der Waals surface area contributed by atoms with Crippen LogP contribution in [0, 0.1) is 0 Å². The van der Waals surface area contributed by atoms with Crippen molar-refractivity contribution in [3.63, 3.8) is 0 Å². The molecule has 54 valence electrons. The first kappa shape index (κ1) is 5.96. The Morgan fingerprint density at radius 2 is 2.45 bits per heavy atom. The number of hydrogen-bond donors (Lipinski definition) is 1. The highest BCUT2D eigenvalue weighted by atomic mass is 15.5. The number of hydrogen-bond acceptors (Lipinski definition) is 3. The lowest BCUT2D eigenvalue weighted by atomic mass is 10.4. The summed E-state index contributed by atoms with van der Waals surface area (Å²) in [4.78, 5) is 3.94. The van der Waals surface area contributed by atoms with Crippen LogP contribution >= 0.6 is 0 Å². The molecule has 11 heavy (non-hydrogen) atoms. The topological polar surface area (TPSA) is 58.3 Å². The largest absolute Gasteiger partial charge is 0.293 e. The van der Waals surface area contributed by atoms with Crippen molar-refractivity contribution in [1.82, 2.24) is 20.5 Å². The lowest BCUT2D eigenvalue weighted by Crippen LogP contribution is -2.31. The summed E-state index contributed by atoms with van der Waals surface area (Å²) in [5, 5.41) is 9.86. The van der Waals surface area contributed by atoms with Crippen LogP contribution in [0.25, 0.3) is 5.69 Å². The highest BCUT2D eigenvalue weighted by Gasteiger charge is 2.00. The third kappa shape index (κ3) is 1.07. The molecular weight excluding hydrogens is 142 g/mol. The molecule has 0 amide bonds. The number of nitrogens with zero attached hydrogens (tertiary/aromatic N) is 4. The highest BCUT2D eigenvalue weighted by molar-refractivity contribution is 5.14. The van der Waals surface area contributed by atoms with E-state index in [1.54, 1.807) is 23.4 Å². The number of tetrazole rings is 1. The number of pyridine rings is 1. The monoisotopic (exact) mass is 148 g/mol. The lowest BCUT2D eigenvalue weighted by molar-refractivity contribution is -0.660. The molecular formula is C6H6N5+. The van der Waals surface area contributed by atoms with E-state index in [1.165, 1.54) is 0 Å². The van der Waals surface area contributed by atoms with Crippen LogP contribution in [0.1, 0.15) is 0 Å². The van der Waals surface area contributed by atoms with Gasteiger partial charge in [-0.3, -0.25) is 4.98 Å². The van der Waals surface area contributed by atoms with Crippen LogP contribution in [0.15, 0.2) is 30.9 Å². The zero-order chi connectivity index (χ0) is 7.52. The molecule has 0 aliphatic heterocycles. The summed E-state index contributed by atoms with van der Waals surface area (Å²) >= 11 is 0. The lowest BCUT2D eigenvalue weighted by Gasteiger charge is -1.89. The van der Waals surface area contributed by atoms with Crippen molar-refractivity contribution in [2.75, 3.05) is 0 Å². The maximum Gasteiger partial charge on any atom is 0.293 e. The fourth-order valence-corrected chi connectivity index (χ4v) is 0.798. The number of rotatable bonds is 1. The van der Waals surface area contributed by atoms with E-state index in [9.17, 15) is 0 Å². The molecule has 1 N–H and O–H groups in total. The van der Waals surface area contributed by atoms with E-state index in [0.717, 1.165) is 5.69 Å². The zero-order valence-electron chi connectivity index (χ0n) is 5.68. The van der Waals surface area contributed by atoms with Crippen molar-refractivity contribution < 1.29 is 4.68 Å². The Labute approximate surface area is 62.7 Å². The van der Waals surface area contributed by atoms with Crippen LogP contribution < -0.4 is 4.68 Å². The molecule has 0 bridgehead atoms. The molecule has 0 saturated heterocycles. The number of aromatic nitrogens is 5. The molecule has 0 aliphatic carbocycles. The summed E-state index contributed by atoms with van der Waals surface area (Å²) in [5.41, 5.74) is 0.914. The minimum atomic E-state index is 0.914. The van der Waals surface area contributed by atoms with Gasteiger partial charge in [-0.05, 0) is 12.1 Å². The van der Waals surface area contributed by atoms with Gasteiger partial charge in [0.15, 0.2) is 5.21 Å². The minimum absolute atomic E-state index is 0.914. The van der Waals surface area contributed by atoms with Crippen molar-refractivity contribution in [3.8, 4) is 5.69 Å². The van der Waals surface area contributed by atoms with Gasteiger partial charge in [0, 0.05) is 6.20 Å². The van der Waals surface area contributed by atoms with Crippen LogP contribution in [-0.2, 0) is 0 Å². The van der Waals surface area contributed by atoms with Crippen LogP contribution in [-0.4, -0.2) is 20.5 Å². The van der Waals surface area contributed by atoms with Crippen molar-refractivity contribution in [2.24, 2.45) is 0 Å². The number of aromatic amines is 1. The van der Waals surface area contributed by atoms with Gasteiger partial charge < -0.3 is 0 Å². The van der Waals surface area contributed by atoms with Crippen LogP contribution in [0.2, 0.25) is 0 Å². The van der Waals surface area contributed by atoms with Gasteiger partial charge in [0.1, 0.15) is 10.8 Å². The third-order valence-electron chi connectivity index (χ3n) is 1.30. The predicted octanol–water partition coefficient (Wildman–Crippen LogP) is -0.524. The fraction of sp³-hybridized carbons (Fsp3) is 0. The molecule has 0 saturated carbocycles. The van der Waals surface area contributed by atoms with Gasteiger partial charge >= 0.3 is 0 Å². The maximum absolute atomic E-state index is 3.94. The van der Waals surface area contributed by atoms with Gasteiger partial charge in [0.05, 0.1) is 6.20 Å². The second-order valence-electron chi connectivity index (χ2n) is 2.01. The summed E-state index contributed by atoms with van der Waals surface area (Å²) < 4.78 is 1.67. The van der Waals surface area contributed by atoms with E-state index in [0.29, 0.717) is 0 Å². The van der Waals surface area contributed by atoms with Crippen LogP contribution in [0.5, 0.6) is 0 Å². The normalized spacial score (nSPS) is 9.82. The van der Waals surface area contributed by atoms with Crippen molar-refractivity contribution in [3.05, 3.63) is 30.9 Å². The average Bonchev–Trinajstić information content (AvgIpc) is 2.58. The van der Waals surface area contributed by atoms with E-state index < -0.39 is 0 Å². The summed E-state index contributed by atoms with van der Waals surface area (Å²) in [5.74, 6) is 0. The van der Waals surface area contributed by atoms with Gasteiger partial charge in [-0.2, -0.15) is 0 Å². The Morgan fingerprint density at radius 1 is 1.45 bits per heavy atom. The Bertz CT molecular complexity index is 314. The third-order valence-corrected chi connectivity index (χ3v) is 1.30. The van der Waals surface area contributed by atoms with Gasteiger partial charge in [0.2, 0.25) is 0 Å². The van der Waals surface area contributed by atoms with Gasteiger partial charge in [-0.15, -0.1) is 4.68 Å². The predicted molar refractivity (Wildman–Crippen MR) is 35.7 cm³/mol. The van der Waals surface area contributed by atoms with Gasteiger partial charge in [0.25, 0.3) is 6.33 Å². The number of nitrogens with one attached hydrogen (secondary N) is 1. The summed E-state index contributed by atoms with van der Waals surface area (Å²) in [6.07, 6.45) is 5.02. The fourth-order valence-electron chi connectivity index (χ4n) is 0.798. The smallest absolute Gasteiger partial charge is 0.261 e. The first-order valence-corrected chi connectivity index (χ1v) is 3.15. The maximum atomic E-state index is 3.94. The average molecular weight is 148 g/mol. The molecule has 2 aromatic rings. The molecule has 2 heterocycles. The first-order valence-electron chi connectivity index (χ1n) is 3.15. The van der Waals surface area contributed by atoms with Crippen molar-refractivity contribution in [2.45, 2.75) is 0 Å².